The van der Waals surface area contributed by atoms with Gasteiger partial charge >= 0.3 is 11.9 Å². The first-order chi connectivity index (χ1) is 10.1. The van der Waals surface area contributed by atoms with Crippen LogP contribution in [0.25, 0.3) is 0 Å². The summed E-state index contributed by atoms with van der Waals surface area (Å²) in [6, 6.07) is 6.36. The van der Waals surface area contributed by atoms with Gasteiger partial charge in [-0.2, -0.15) is 0 Å². The predicted molar refractivity (Wildman–Crippen MR) is 74.9 cm³/mol. The van der Waals surface area contributed by atoms with Crippen LogP contribution >= 0.6 is 0 Å². The summed E-state index contributed by atoms with van der Waals surface area (Å²) in [6.45, 7) is 0. The third-order valence-electron chi connectivity index (χ3n) is 3.28. The highest BCUT2D eigenvalue weighted by atomic mass is 16.5. The second kappa shape index (κ2) is 6.21. The Morgan fingerprint density at radius 3 is 2.62 bits per heavy atom. The number of hydrogen-bond acceptors (Lipinski definition) is 6. The molecule has 0 bridgehead atoms. The number of phenols is 1. The molecule has 110 valence electrons. The molecule has 6 nitrogen and oxygen atoms in total. The highest BCUT2D eigenvalue weighted by Gasteiger charge is 2.37. The molecule has 1 aromatic carbocycles. The van der Waals surface area contributed by atoms with Crippen LogP contribution in [0.2, 0.25) is 0 Å². The third-order valence-corrected chi connectivity index (χ3v) is 3.28. The number of aromatic hydroxyl groups is 1. The standard InChI is InChI=1S/C15H15NO5/c1-20-14(18)11-7-16-8-12(15(19)21-2)13(11)9-4-3-5-10(17)6-9/h3-8,11,13,17H,1-2H3/t11?,13-/m1/s1. The molecule has 0 aromatic heterocycles. The van der Waals surface area contributed by atoms with Crippen LogP contribution in [0.3, 0.4) is 0 Å². The molecule has 0 saturated carbocycles. The van der Waals surface area contributed by atoms with E-state index in [1.807, 2.05) is 0 Å². The maximum Gasteiger partial charge on any atom is 0.335 e. The van der Waals surface area contributed by atoms with Gasteiger partial charge < -0.3 is 14.6 Å². The summed E-state index contributed by atoms with van der Waals surface area (Å²) in [5.41, 5.74) is 0.842. The van der Waals surface area contributed by atoms with Gasteiger partial charge in [0.25, 0.3) is 0 Å². The van der Waals surface area contributed by atoms with Crippen molar-refractivity contribution in [1.29, 1.82) is 0 Å². The lowest BCUT2D eigenvalue weighted by Crippen LogP contribution is -2.31. The van der Waals surface area contributed by atoms with Crippen molar-refractivity contribution in [1.82, 2.24) is 0 Å². The molecule has 1 aliphatic rings. The Bertz CT molecular complexity index is 620. The van der Waals surface area contributed by atoms with Crippen LogP contribution in [0.15, 0.2) is 41.0 Å². The molecule has 1 heterocycles. The number of esters is 2. The summed E-state index contributed by atoms with van der Waals surface area (Å²) in [7, 11) is 2.53. The fourth-order valence-corrected chi connectivity index (χ4v) is 2.31. The van der Waals surface area contributed by atoms with Crippen molar-refractivity contribution in [3.8, 4) is 5.75 Å². The molecule has 1 N–H and O–H groups in total. The number of aliphatic imine (C=N–C) groups is 1. The minimum absolute atomic E-state index is 0.0443. The molecule has 0 saturated heterocycles. The van der Waals surface area contributed by atoms with Gasteiger partial charge in [0, 0.05) is 18.3 Å². The van der Waals surface area contributed by atoms with E-state index in [9.17, 15) is 14.7 Å². The van der Waals surface area contributed by atoms with Gasteiger partial charge in [-0.1, -0.05) is 12.1 Å². The quantitative estimate of drug-likeness (QED) is 0.850. The number of benzene rings is 1. The van der Waals surface area contributed by atoms with E-state index >= 15 is 0 Å². The summed E-state index contributed by atoms with van der Waals surface area (Å²) in [4.78, 5) is 27.8. The van der Waals surface area contributed by atoms with Crippen molar-refractivity contribution >= 4 is 18.2 Å². The lowest BCUT2D eigenvalue weighted by atomic mass is 9.80. The molecule has 0 aliphatic carbocycles. The second-order valence-corrected chi connectivity index (χ2v) is 4.50. The Morgan fingerprint density at radius 1 is 1.24 bits per heavy atom. The van der Waals surface area contributed by atoms with Crippen LogP contribution in [0.4, 0.5) is 0 Å². The van der Waals surface area contributed by atoms with Crippen LogP contribution in [-0.4, -0.2) is 37.5 Å². The monoisotopic (exact) mass is 289 g/mol. The fraction of sp³-hybridized carbons (Fsp3) is 0.267. The van der Waals surface area contributed by atoms with Crippen molar-refractivity contribution in [2.75, 3.05) is 14.2 Å². The molecule has 6 heteroatoms. The topological polar surface area (TPSA) is 85.2 Å². The van der Waals surface area contributed by atoms with Gasteiger partial charge in [0.05, 0.1) is 19.8 Å². The molecule has 2 rings (SSSR count). The van der Waals surface area contributed by atoms with Gasteiger partial charge in [0.1, 0.15) is 11.7 Å². The Morgan fingerprint density at radius 2 is 2.00 bits per heavy atom. The zero-order chi connectivity index (χ0) is 15.4. The summed E-state index contributed by atoms with van der Waals surface area (Å²) >= 11 is 0. The predicted octanol–water partition coefficient (Wildman–Crippen LogP) is 1.41. The van der Waals surface area contributed by atoms with Crippen LogP contribution in [-0.2, 0) is 19.1 Å². The molecule has 1 aromatic rings. The first kappa shape index (κ1) is 14.8. The summed E-state index contributed by atoms with van der Waals surface area (Å²) in [5, 5.41) is 9.62. The van der Waals surface area contributed by atoms with Gasteiger partial charge in [0.2, 0.25) is 0 Å². The first-order valence-electron chi connectivity index (χ1n) is 6.27. The van der Waals surface area contributed by atoms with E-state index < -0.39 is 23.8 Å². The Balaban J connectivity index is 2.50. The van der Waals surface area contributed by atoms with Crippen molar-refractivity contribution in [3.63, 3.8) is 0 Å². The molecule has 1 aliphatic heterocycles. The Hall–Kier alpha value is -2.63. The van der Waals surface area contributed by atoms with E-state index in [-0.39, 0.29) is 11.3 Å². The van der Waals surface area contributed by atoms with E-state index in [4.69, 9.17) is 9.47 Å². The Labute approximate surface area is 121 Å². The summed E-state index contributed by atoms with van der Waals surface area (Å²) in [5.74, 6) is -2.41. The van der Waals surface area contributed by atoms with E-state index in [1.54, 1.807) is 12.1 Å². The SMILES string of the molecule is COC(=O)C1=CN=CC(C(=O)OC)[C@H]1c1cccc(O)c1. The van der Waals surface area contributed by atoms with E-state index in [1.165, 1.54) is 38.8 Å². The highest BCUT2D eigenvalue weighted by Crippen LogP contribution is 2.36. The van der Waals surface area contributed by atoms with Crippen LogP contribution in [0.5, 0.6) is 5.75 Å². The van der Waals surface area contributed by atoms with Crippen molar-refractivity contribution in [2.24, 2.45) is 10.9 Å². The normalized spacial score (nSPS) is 20.6. The number of phenolic OH excluding ortho intramolecular Hbond substituents is 1. The molecule has 0 spiro atoms. The van der Waals surface area contributed by atoms with Crippen LogP contribution < -0.4 is 0 Å². The third kappa shape index (κ3) is 2.94. The lowest BCUT2D eigenvalue weighted by molar-refractivity contribution is -0.143. The number of nitrogens with zero attached hydrogens (tertiary/aromatic N) is 1. The number of rotatable bonds is 3. The van der Waals surface area contributed by atoms with Crippen LogP contribution in [0.1, 0.15) is 11.5 Å². The number of ether oxygens (including phenoxy) is 2. The zero-order valence-electron chi connectivity index (χ0n) is 11.6. The molecular weight excluding hydrogens is 274 g/mol. The molecule has 0 fully saturated rings. The molecule has 0 amide bonds. The van der Waals surface area contributed by atoms with Gasteiger partial charge in [-0.05, 0) is 17.7 Å². The largest absolute Gasteiger partial charge is 0.508 e. The van der Waals surface area contributed by atoms with E-state index in [0.29, 0.717) is 5.56 Å². The molecular formula is C15H15NO5. The minimum Gasteiger partial charge on any atom is -0.508 e. The van der Waals surface area contributed by atoms with E-state index in [2.05, 4.69) is 4.99 Å². The van der Waals surface area contributed by atoms with E-state index in [0.717, 1.165) is 0 Å². The number of hydrogen-bond donors (Lipinski definition) is 1. The van der Waals surface area contributed by atoms with Crippen LogP contribution in [0, 0.1) is 5.92 Å². The molecule has 0 radical (unpaired) electrons. The highest BCUT2D eigenvalue weighted by molar-refractivity contribution is 5.99. The van der Waals surface area contributed by atoms with Crippen molar-refractivity contribution < 1.29 is 24.2 Å². The minimum atomic E-state index is -0.754. The zero-order valence-corrected chi connectivity index (χ0v) is 11.6. The molecule has 1 unspecified atom stereocenters. The first-order valence-corrected chi connectivity index (χ1v) is 6.27. The van der Waals surface area contributed by atoms with Gasteiger partial charge in [-0.25, -0.2) is 4.79 Å². The van der Waals surface area contributed by atoms with Crippen molar-refractivity contribution in [2.45, 2.75) is 5.92 Å². The number of carbonyl (C=O) groups excluding carboxylic acids is 2. The molecule has 2 atom stereocenters. The second-order valence-electron chi connectivity index (χ2n) is 4.50. The maximum absolute atomic E-state index is 11.9. The average Bonchev–Trinajstić information content (AvgIpc) is 2.52. The van der Waals surface area contributed by atoms with Gasteiger partial charge in [-0.15, -0.1) is 0 Å². The average molecular weight is 289 g/mol. The Kier molecular flexibility index (Phi) is 4.37. The number of methoxy groups -OCH3 is 2. The van der Waals surface area contributed by atoms with Crippen molar-refractivity contribution in [3.05, 3.63) is 41.6 Å². The maximum atomic E-state index is 11.9. The number of carbonyl (C=O) groups is 2. The lowest BCUT2D eigenvalue weighted by Gasteiger charge is -2.26. The van der Waals surface area contributed by atoms with Gasteiger partial charge in [0.15, 0.2) is 0 Å². The smallest absolute Gasteiger partial charge is 0.335 e. The summed E-state index contributed by atoms with van der Waals surface area (Å²) < 4.78 is 9.50. The summed E-state index contributed by atoms with van der Waals surface area (Å²) in [6.07, 6.45) is 2.78. The molecule has 21 heavy (non-hydrogen) atoms. The fourth-order valence-electron chi connectivity index (χ4n) is 2.31. The van der Waals surface area contributed by atoms with Gasteiger partial charge in [-0.3, -0.25) is 9.79 Å².